The lowest BCUT2D eigenvalue weighted by molar-refractivity contribution is 0.428. The predicted molar refractivity (Wildman–Crippen MR) is 71.4 cm³/mol. The average Bonchev–Trinajstić information content (AvgIpc) is 2.35. The van der Waals surface area contributed by atoms with Crippen molar-refractivity contribution in [2.45, 2.75) is 31.7 Å². The van der Waals surface area contributed by atoms with Gasteiger partial charge in [0, 0.05) is 26.3 Å². The second kappa shape index (κ2) is 6.26. The number of aromatic nitrogens is 1. The van der Waals surface area contributed by atoms with Gasteiger partial charge in [0.1, 0.15) is 4.90 Å². The van der Waals surface area contributed by atoms with E-state index in [1.807, 2.05) is 0 Å². The van der Waals surface area contributed by atoms with Gasteiger partial charge in [-0.05, 0) is 24.5 Å². The fourth-order valence-electron chi connectivity index (χ4n) is 1.42. The van der Waals surface area contributed by atoms with Crippen molar-refractivity contribution in [2.24, 2.45) is 11.7 Å². The third-order valence-corrected chi connectivity index (χ3v) is 4.58. The molecule has 0 aliphatic heterocycles. The number of nitrogens with two attached hydrogens (primary N) is 1. The summed E-state index contributed by atoms with van der Waals surface area (Å²) in [5.41, 5.74) is 6.11. The van der Waals surface area contributed by atoms with Gasteiger partial charge in [-0.2, -0.15) is 0 Å². The lowest BCUT2D eigenvalue weighted by Crippen LogP contribution is -2.28. The summed E-state index contributed by atoms with van der Waals surface area (Å²) >= 11 is 0. The molecule has 1 aromatic heterocycles. The molecule has 0 aromatic carbocycles. The first-order valence-corrected chi connectivity index (χ1v) is 7.43. The van der Waals surface area contributed by atoms with Crippen LogP contribution in [0.5, 0.6) is 0 Å². The molecule has 0 saturated heterocycles. The van der Waals surface area contributed by atoms with E-state index in [1.54, 1.807) is 19.2 Å². The predicted octanol–water partition coefficient (Wildman–Crippen LogP) is 1.21. The van der Waals surface area contributed by atoms with Gasteiger partial charge < -0.3 is 5.73 Å². The molecule has 2 N–H and O–H groups in total. The van der Waals surface area contributed by atoms with Crippen molar-refractivity contribution < 1.29 is 8.42 Å². The van der Waals surface area contributed by atoms with Gasteiger partial charge in [0.25, 0.3) is 0 Å². The van der Waals surface area contributed by atoms with Crippen molar-refractivity contribution in [1.82, 2.24) is 9.29 Å². The largest absolute Gasteiger partial charge is 0.325 e. The van der Waals surface area contributed by atoms with Crippen LogP contribution in [0.15, 0.2) is 23.2 Å². The summed E-state index contributed by atoms with van der Waals surface area (Å²) in [7, 11) is -1.84. The molecule has 0 radical (unpaired) electrons. The smallest absolute Gasteiger partial charge is 0.244 e. The Morgan fingerprint density at radius 1 is 1.39 bits per heavy atom. The summed E-state index contributed by atoms with van der Waals surface area (Å²) in [6.07, 6.45) is 2.20. The zero-order chi connectivity index (χ0) is 13.8. The Labute approximate surface area is 109 Å². The number of sulfonamides is 1. The highest BCUT2D eigenvalue weighted by atomic mass is 32.2. The Bertz CT molecular complexity index is 469. The molecule has 0 fully saturated rings. The zero-order valence-corrected chi connectivity index (χ0v) is 11.9. The van der Waals surface area contributed by atoms with Crippen LogP contribution in [0.1, 0.15) is 26.0 Å². The van der Waals surface area contributed by atoms with Crippen molar-refractivity contribution in [2.75, 3.05) is 13.6 Å². The van der Waals surface area contributed by atoms with Crippen LogP contribution in [0.25, 0.3) is 0 Å². The zero-order valence-electron chi connectivity index (χ0n) is 11.1. The molecule has 18 heavy (non-hydrogen) atoms. The molecule has 102 valence electrons. The second-order valence-corrected chi connectivity index (χ2v) is 6.74. The Morgan fingerprint density at radius 3 is 2.50 bits per heavy atom. The molecular formula is C12H21N3O2S. The van der Waals surface area contributed by atoms with E-state index in [0.717, 1.165) is 6.42 Å². The Hall–Kier alpha value is -0.980. The molecule has 0 bridgehead atoms. The molecule has 1 aromatic rings. The van der Waals surface area contributed by atoms with Crippen LogP contribution in [0.4, 0.5) is 0 Å². The summed E-state index contributed by atoms with van der Waals surface area (Å²) in [6.45, 7) is 4.96. The molecule has 5 nitrogen and oxygen atoms in total. The third kappa shape index (κ3) is 3.76. The lowest BCUT2D eigenvalue weighted by Gasteiger charge is -2.18. The SMILES string of the molecule is CC(C)CCN(C)S(=O)(=O)c1ccc(CN)nc1. The fraction of sp³-hybridized carbons (Fsp3) is 0.583. The van der Waals surface area contributed by atoms with Gasteiger partial charge in [-0.15, -0.1) is 0 Å². The van der Waals surface area contributed by atoms with Crippen LogP contribution in [-0.4, -0.2) is 31.3 Å². The quantitative estimate of drug-likeness (QED) is 0.843. The first-order valence-electron chi connectivity index (χ1n) is 5.99. The number of hydrogen-bond acceptors (Lipinski definition) is 4. The topological polar surface area (TPSA) is 76.3 Å². The Morgan fingerprint density at radius 2 is 2.06 bits per heavy atom. The van der Waals surface area contributed by atoms with Crippen molar-refractivity contribution in [3.63, 3.8) is 0 Å². The first-order chi connectivity index (χ1) is 8.37. The van der Waals surface area contributed by atoms with Crippen molar-refractivity contribution in [1.29, 1.82) is 0 Å². The summed E-state index contributed by atoms with van der Waals surface area (Å²) in [6, 6.07) is 3.19. The maximum absolute atomic E-state index is 12.2. The third-order valence-electron chi connectivity index (χ3n) is 2.74. The minimum Gasteiger partial charge on any atom is -0.325 e. The van der Waals surface area contributed by atoms with Crippen LogP contribution >= 0.6 is 0 Å². The molecule has 0 aliphatic carbocycles. The van der Waals surface area contributed by atoms with E-state index in [0.29, 0.717) is 24.7 Å². The van der Waals surface area contributed by atoms with Crippen molar-refractivity contribution >= 4 is 10.0 Å². The van der Waals surface area contributed by atoms with Crippen LogP contribution in [-0.2, 0) is 16.6 Å². The van der Waals surface area contributed by atoms with Crippen LogP contribution in [0.2, 0.25) is 0 Å². The van der Waals surface area contributed by atoms with Gasteiger partial charge in [-0.1, -0.05) is 13.8 Å². The summed E-state index contributed by atoms with van der Waals surface area (Å²) < 4.78 is 25.8. The van der Waals surface area contributed by atoms with E-state index in [2.05, 4.69) is 18.8 Å². The van der Waals surface area contributed by atoms with Crippen LogP contribution < -0.4 is 5.73 Å². The van der Waals surface area contributed by atoms with Crippen molar-refractivity contribution in [3.05, 3.63) is 24.0 Å². The number of pyridine rings is 1. The maximum Gasteiger partial charge on any atom is 0.244 e. The van der Waals surface area contributed by atoms with Crippen molar-refractivity contribution in [3.8, 4) is 0 Å². The molecule has 6 heteroatoms. The first kappa shape index (κ1) is 15.1. The monoisotopic (exact) mass is 271 g/mol. The second-order valence-electron chi connectivity index (χ2n) is 4.70. The highest BCUT2D eigenvalue weighted by molar-refractivity contribution is 7.89. The standard InChI is InChI=1S/C12H21N3O2S/c1-10(2)6-7-15(3)18(16,17)12-5-4-11(8-13)14-9-12/h4-5,9-10H,6-8,13H2,1-3H3. The highest BCUT2D eigenvalue weighted by Crippen LogP contribution is 2.14. The molecule has 1 heterocycles. The van der Waals surface area contributed by atoms with E-state index < -0.39 is 10.0 Å². The molecule has 0 aliphatic rings. The van der Waals surface area contributed by atoms with Crippen LogP contribution in [0.3, 0.4) is 0 Å². The molecule has 0 atom stereocenters. The van der Waals surface area contributed by atoms with Gasteiger partial charge >= 0.3 is 0 Å². The molecular weight excluding hydrogens is 250 g/mol. The van der Waals surface area contributed by atoms with E-state index in [9.17, 15) is 8.42 Å². The van der Waals surface area contributed by atoms with E-state index >= 15 is 0 Å². The van der Waals surface area contributed by atoms with Gasteiger partial charge in [-0.25, -0.2) is 12.7 Å². The number of nitrogens with zero attached hydrogens (tertiary/aromatic N) is 2. The summed E-state index contributed by atoms with van der Waals surface area (Å²) in [4.78, 5) is 4.22. The minimum absolute atomic E-state index is 0.214. The van der Waals surface area contributed by atoms with Gasteiger partial charge in [-0.3, -0.25) is 4.98 Å². The van der Waals surface area contributed by atoms with Gasteiger partial charge in [0.05, 0.1) is 5.69 Å². The normalized spacial score (nSPS) is 12.3. The van der Waals surface area contributed by atoms with Crippen LogP contribution in [0, 0.1) is 5.92 Å². The van der Waals surface area contributed by atoms with Gasteiger partial charge in [0.15, 0.2) is 0 Å². The van der Waals surface area contributed by atoms with E-state index in [-0.39, 0.29) is 4.90 Å². The van der Waals surface area contributed by atoms with Gasteiger partial charge in [0.2, 0.25) is 10.0 Å². The van der Waals surface area contributed by atoms with E-state index in [4.69, 9.17) is 5.73 Å². The Kier molecular flexibility index (Phi) is 5.25. The minimum atomic E-state index is -3.43. The molecule has 1 rings (SSSR count). The Balaban J connectivity index is 2.84. The lowest BCUT2D eigenvalue weighted by atomic mass is 10.1. The fourth-order valence-corrected chi connectivity index (χ4v) is 2.56. The summed E-state index contributed by atoms with van der Waals surface area (Å²) in [5, 5.41) is 0. The highest BCUT2D eigenvalue weighted by Gasteiger charge is 2.20. The number of hydrogen-bond donors (Lipinski definition) is 1. The number of rotatable bonds is 6. The molecule has 0 unspecified atom stereocenters. The maximum atomic E-state index is 12.2. The molecule has 0 amide bonds. The molecule has 0 spiro atoms. The average molecular weight is 271 g/mol. The summed E-state index contributed by atoms with van der Waals surface area (Å²) in [5.74, 6) is 0.473. The molecule has 0 saturated carbocycles. The van der Waals surface area contributed by atoms with E-state index in [1.165, 1.54) is 10.5 Å².